The molecule has 0 N–H and O–H groups in total. The van der Waals surface area contributed by atoms with Crippen LogP contribution in [0, 0.1) is 6.92 Å². The van der Waals surface area contributed by atoms with Crippen molar-refractivity contribution in [3.63, 3.8) is 0 Å². The summed E-state index contributed by atoms with van der Waals surface area (Å²) in [5.41, 5.74) is -1.20. The third-order valence-electron chi connectivity index (χ3n) is 1.18. The highest BCUT2D eigenvalue weighted by Crippen LogP contribution is 2.34. The second kappa shape index (κ2) is 3.26. The van der Waals surface area contributed by atoms with Crippen LogP contribution in [0.5, 0.6) is 0 Å². The standard InChI is InChI=1S/C6H3ClF3NOS/c1-2-11-4(6(8,9)10)3(13-2)5(7)12/h1H3. The Hall–Kier alpha value is -0.620. The molecule has 0 unspecified atom stereocenters. The van der Waals surface area contributed by atoms with Gasteiger partial charge in [-0.2, -0.15) is 13.2 Å². The molecular weight excluding hydrogens is 227 g/mol. The lowest BCUT2D eigenvalue weighted by Crippen LogP contribution is -2.09. The molecule has 0 radical (unpaired) electrons. The monoisotopic (exact) mass is 229 g/mol. The van der Waals surface area contributed by atoms with E-state index in [0.29, 0.717) is 11.3 Å². The van der Waals surface area contributed by atoms with E-state index < -0.39 is 22.0 Å². The van der Waals surface area contributed by atoms with E-state index in [0.717, 1.165) is 0 Å². The minimum absolute atomic E-state index is 0.163. The summed E-state index contributed by atoms with van der Waals surface area (Å²) < 4.78 is 36.5. The van der Waals surface area contributed by atoms with Crippen LogP contribution in [0.3, 0.4) is 0 Å². The minimum atomic E-state index is -4.62. The summed E-state index contributed by atoms with van der Waals surface area (Å²) in [6, 6.07) is 0. The number of alkyl halides is 3. The number of nitrogens with zero attached hydrogens (tertiary/aromatic N) is 1. The van der Waals surface area contributed by atoms with Crippen LogP contribution < -0.4 is 0 Å². The zero-order chi connectivity index (χ0) is 10.2. The van der Waals surface area contributed by atoms with Crippen LogP contribution >= 0.6 is 22.9 Å². The molecule has 0 amide bonds. The lowest BCUT2D eigenvalue weighted by molar-refractivity contribution is -0.141. The van der Waals surface area contributed by atoms with E-state index in [2.05, 4.69) is 4.98 Å². The first kappa shape index (κ1) is 10.5. The maximum Gasteiger partial charge on any atom is 0.434 e. The summed E-state index contributed by atoms with van der Waals surface area (Å²) in [5, 5.41) is -0.964. The predicted molar refractivity (Wildman–Crippen MR) is 42.0 cm³/mol. The average molecular weight is 230 g/mol. The van der Waals surface area contributed by atoms with Gasteiger partial charge in [0.2, 0.25) is 0 Å². The van der Waals surface area contributed by atoms with Crippen molar-refractivity contribution in [3.8, 4) is 0 Å². The molecule has 0 saturated heterocycles. The van der Waals surface area contributed by atoms with E-state index in [1.54, 1.807) is 0 Å². The summed E-state index contributed by atoms with van der Waals surface area (Å²) >= 11 is 5.60. The Morgan fingerprint density at radius 1 is 1.54 bits per heavy atom. The van der Waals surface area contributed by atoms with Gasteiger partial charge in [0.05, 0.1) is 5.01 Å². The number of hydrogen-bond acceptors (Lipinski definition) is 3. The summed E-state index contributed by atoms with van der Waals surface area (Å²) in [7, 11) is 0. The highest BCUT2D eigenvalue weighted by molar-refractivity contribution is 7.15. The number of carbonyl (C=O) groups is 1. The Morgan fingerprint density at radius 2 is 2.08 bits per heavy atom. The third kappa shape index (κ3) is 2.19. The second-order valence-electron chi connectivity index (χ2n) is 2.18. The molecule has 1 heterocycles. The number of rotatable bonds is 1. The highest BCUT2D eigenvalue weighted by Gasteiger charge is 2.38. The van der Waals surface area contributed by atoms with Crippen molar-refractivity contribution in [1.29, 1.82) is 0 Å². The SMILES string of the molecule is Cc1nc(C(F)(F)F)c(C(=O)Cl)s1. The van der Waals surface area contributed by atoms with Crippen molar-refractivity contribution in [2.75, 3.05) is 0 Å². The Balaban J connectivity index is 3.28. The number of carbonyl (C=O) groups excluding carboxylic acids is 1. The minimum Gasteiger partial charge on any atom is -0.275 e. The molecule has 0 fully saturated rings. The van der Waals surface area contributed by atoms with Gasteiger partial charge in [-0.1, -0.05) is 0 Å². The van der Waals surface area contributed by atoms with E-state index in [1.807, 2.05) is 0 Å². The maximum absolute atomic E-state index is 12.2. The smallest absolute Gasteiger partial charge is 0.275 e. The Morgan fingerprint density at radius 3 is 2.38 bits per heavy atom. The summed E-state index contributed by atoms with van der Waals surface area (Å²) in [5.74, 6) is 0. The van der Waals surface area contributed by atoms with Crippen molar-refractivity contribution >= 4 is 28.2 Å². The number of thiazole rings is 1. The first-order valence-corrected chi connectivity index (χ1v) is 4.26. The molecule has 0 aliphatic heterocycles. The Labute approximate surface area is 80.3 Å². The third-order valence-corrected chi connectivity index (χ3v) is 2.45. The van der Waals surface area contributed by atoms with Gasteiger partial charge in [0.15, 0.2) is 5.69 Å². The fourth-order valence-corrected chi connectivity index (χ4v) is 1.73. The predicted octanol–water partition coefficient (Wildman–Crippen LogP) is 2.85. The van der Waals surface area contributed by atoms with Crippen molar-refractivity contribution in [1.82, 2.24) is 4.98 Å². The van der Waals surface area contributed by atoms with Crippen molar-refractivity contribution in [3.05, 3.63) is 15.6 Å². The van der Waals surface area contributed by atoms with E-state index in [-0.39, 0.29) is 5.01 Å². The van der Waals surface area contributed by atoms with Gasteiger partial charge in [0.25, 0.3) is 5.24 Å². The quantitative estimate of drug-likeness (QED) is 0.693. The van der Waals surface area contributed by atoms with Gasteiger partial charge < -0.3 is 0 Å². The van der Waals surface area contributed by atoms with Crippen molar-refractivity contribution in [2.24, 2.45) is 0 Å². The Kier molecular flexibility index (Phi) is 2.63. The fraction of sp³-hybridized carbons (Fsp3) is 0.333. The van der Waals surface area contributed by atoms with Crippen molar-refractivity contribution in [2.45, 2.75) is 13.1 Å². The molecule has 0 aliphatic rings. The highest BCUT2D eigenvalue weighted by atomic mass is 35.5. The molecular formula is C6H3ClF3NOS. The van der Waals surface area contributed by atoms with E-state index in [9.17, 15) is 18.0 Å². The van der Waals surface area contributed by atoms with Crippen LogP contribution in [0.4, 0.5) is 13.2 Å². The second-order valence-corrected chi connectivity index (χ2v) is 3.73. The van der Waals surface area contributed by atoms with Crippen LogP contribution in [0.2, 0.25) is 0 Å². The van der Waals surface area contributed by atoms with E-state index >= 15 is 0 Å². The van der Waals surface area contributed by atoms with Gasteiger partial charge in [-0.15, -0.1) is 11.3 Å². The van der Waals surface area contributed by atoms with Crippen LogP contribution in [-0.4, -0.2) is 10.2 Å². The lowest BCUT2D eigenvalue weighted by atomic mass is 10.4. The zero-order valence-electron chi connectivity index (χ0n) is 6.28. The normalized spacial score (nSPS) is 11.8. The van der Waals surface area contributed by atoms with E-state index in [4.69, 9.17) is 11.6 Å². The van der Waals surface area contributed by atoms with Crippen LogP contribution in [0.15, 0.2) is 0 Å². The number of aromatic nitrogens is 1. The van der Waals surface area contributed by atoms with Gasteiger partial charge in [-0.25, -0.2) is 4.98 Å². The molecule has 72 valence electrons. The van der Waals surface area contributed by atoms with Crippen molar-refractivity contribution < 1.29 is 18.0 Å². The summed E-state index contributed by atoms with van der Waals surface area (Å²) in [6.07, 6.45) is -4.62. The first-order valence-electron chi connectivity index (χ1n) is 3.07. The molecule has 7 heteroatoms. The molecule has 13 heavy (non-hydrogen) atoms. The molecule has 0 aliphatic carbocycles. The zero-order valence-corrected chi connectivity index (χ0v) is 7.85. The molecule has 1 aromatic heterocycles. The van der Waals surface area contributed by atoms with Gasteiger partial charge in [0.1, 0.15) is 4.88 Å². The molecule has 0 aromatic carbocycles. The molecule has 0 spiro atoms. The maximum atomic E-state index is 12.2. The number of hydrogen-bond donors (Lipinski definition) is 0. The van der Waals surface area contributed by atoms with Gasteiger partial charge in [0, 0.05) is 0 Å². The summed E-state index contributed by atoms with van der Waals surface area (Å²) in [6.45, 7) is 1.38. The summed E-state index contributed by atoms with van der Waals surface area (Å²) in [4.78, 5) is 13.2. The fourth-order valence-electron chi connectivity index (χ4n) is 0.752. The van der Waals surface area contributed by atoms with Gasteiger partial charge >= 0.3 is 6.18 Å². The molecule has 0 bridgehead atoms. The number of aryl methyl sites for hydroxylation is 1. The topological polar surface area (TPSA) is 30.0 Å². The molecule has 0 atom stereocenters. The molecule has 0 saturated carbocycles. The van der Waals surface area contributed by atoms with Gasteiger partial charge in [-0.3, -0.25) is 4.79 Å². The number of halogens is 4. The molecule has 2 nitrogen and oxygen atoms in total. The Bertz CT molecular complexity index is 346. The lowest BCUT2D eigenvalue weighted by Gasteiger charge is -2.02. The van der Waals surface area contributed by atoms with Crippen LogP contribution in [0.25, 0.3) is 0 Å². The average Bonchev–Trinajstić information content (AvgIpc) is 2.29. The van der Waals surface area contributed by atoms with Crippen LogP contribution in [0.1, 0.15) is 20.4 Å². The first-order chi connectivity index (χ1) is 5.82. The largest absolute Gasteiger partial charge is 0.434 e. The van der Waals surface area contributed by atoms with Crippen LogP contribution in [-0.2, 0) is 6.18 Å². The molecule has 1 aromatic rings. The van der Waals surface area contributed by atoms with E-state index in [1.165, 1.54) is 6.92 Å². The van der Waals surface area contributed by atoms with Gasteiger partial charge in [-0.05, 0) is 18.5 Å². The molecule has 1 rings (SSSR count).